The van der Waals surface area contributed by atoms with Crippen molar-refractivity contribution in [2.24, 2.45) is 11.8 Å². The molecule has 2 rings (SSSR count). The minimum atomic E-state index is -3.51. The second-order valence-electron chi connectivity index (χ2n) is 5.34. The average molecular weight is 313 g/mol. The summed E-state index contributed by atoms with van der Waals surface area (Å²) in [6, 6.07) is 3.09. The fourth-order valence-corrected chi connectivity index (χ4v) is 3.23. The fourth-order valence-electron chi connectivity index (χ4n) is 2.55. The van der Waals surface area contributed by atoms with Gasteiger partial charge in [0.05, 0.1) is 5.92 Å². The summed E-state index contributed by atoms with van der Waals surface area (Å²) in [5.41, 5.74) is 0. The summed E-state index contributed by atoms with van der Waals surface area (Å²) in [4.78, 5) is 17.3. The van der Waals surface area contributed by atoms with Gasteiger partial charge >= 0.3 is 5.97 Å². The number of carboxylic acid groups (broad SMARTS) is 1. The summed E-state index contributed by atoms with van der Waals surface area (Å²) in [5.74, 6) is -0.373. The van der Waals surface area contributed by atoms with Crippen molar-refractivity contribution in [1.82, 2.24) is 9.71 Å². The SMILES string of the molecule is CNS(=O)(=O)c1ccc(N2CC(C)CC(C(=O)O)C2)nc1. The van der Waals surface area contributed by atoms with Crippen LogP contribution in [0, 0.1) is 11.8 Å². The molecule has 2 atom stereocenters. The van der Waals surface area contributed by atoms with Crippen molar-refractivity contribution < 1.29 is 18.3 Å². The van der Waals surface area contributed by atoms with Gasteiger partial charge in [0.1, 0.15) is 10.7 Å². The number of aromatic nitrogens is 1. The van der Waals surface area contributed by atoms with Crippen molar-refractivity contribution in [1.29, 1.82) is 0 Å². The van der Waals surface area contributed by atoms with Crippen LogP contribution in [0.5, 0.6) is 0 Å². The highest BCUT2D eigenvalue weighted by Crippen LogP contribution is 2.26. The Kier molecular flexibility index (Phi) is 4.48. The topological polar surface area (TPSA) is 99.6 Å². The number of nitrogens with one attached hydrogen (secondary N) is 1. The normalized spacial score (nSPS) is 23.0. The van der Waals surface area contributed by atoms with Gasteiger partial charge in [0.25, 0.3) is 0 Å². The predicted octanol–water partition coefficient (Wildman–Crippen LogP) is 0.537. The Balaban J connectivity index is 2.20. The van der Waals surface area contributed by atoms with Gasteiger partial charge in [-0.05, 0) is 31.5 Å². The van der Waals surface area contributed by atoms with Gasteiger partial charge < -0.3 is 10.0 Å². The van der Waals surface area contributed by atoms with Crippen LogP contribution in [-0.4, -0.2) is 44.6 Å². The second kappa shape index (κ2) is 5.98. The van der Waals surface area contributed by atoms with E-state index in [4.69, 9.17) is 5.11 Å². The molecule has 0 amide bonds. The first kappa shape index (κ1) is 15.7. The molecule has 2 unspecified atom stereocenters. The van der Waals surface area contributed by atoms with Crippen molar-refractivity contribution >= 4 is 21.8 Å². The first-order valence-electron chi connectivity index (χ1n) is 6.71. The molecule has 0 aromatic carbocycles. The molecule has 1 aliphatic heterocycles. The Morgan fingerprint density at radius 1 is 1.43 bits per heavy atom. The van der Waals surface area contributed by atoms with Crippen molar-refractivity contribution in [3.63, 3.8) is 0 Å². The van der Waals surface area contributed by atoms with Crippen LogP contribution in [0.3, 0.4) is 0 Å². The van der Waals surface area contributed by atoms with Gasteiger partial charge in [-0.15, -0.1) is 0 Å². The van der Waals surface area contributed by atoms with Gasteiger partial charge in [0.2, 0.25) is 10.0 Å². The highest BCUT2D eigenvalue weighted by Gasteiger charge is 2.30. The summed E-state index contributed by atoms with van der Waals surface area (Å²) < 4.78 is 25.5. The standard InChI is InChI=1S/C13H19N3O4S/c1-9-5-10(13(17)18)8-16(7-9)12-4-3-11(6-15-12)21(19,20)14-2/h3-4,6,9-10,14H,5,7-8H2,1-2H3,(H,17,18). The first-order chi connectivity index (χ1) is 9.83. The number of carbonyl (C=O) groups is 1. The maximum Gasteiger partial charge on any atom is 0.308 e. The Morgan fingerprint density at radius 3 is 2.67 bits per heavy atom. The Labute approximate surface area is 124 Å². The summed E-state index contributed by atoms with van der Waals surface area (Å²) in [6.07, 6.45) is 1.94. The van der Waals surface area contributed by atoms with Crippen LogP contribution in [0.2, 0.25) is 0 Å². The third kappa shape index (κ3) is 3.51. The van der Waals surface area contributed by atoms with E-state index in [2.05, 4.69) is 9.71 Å². The van der Waals surface area contributed by atoms with Gasteiger partial charge in [-0.1, -0.05) is 6.92 Å². The van der Waals surface area contributed by atoms with Crippen molar-refractivity contribution in [2.75, 3.05) is 25.0 Å². The van der Waals surface area contributed by atoms with E-state index in [9.17, 15) is 13.2 Å². The quantitative estimate of drug-likeness (QED) is 0.841. The molecule has 1 fully saturated rings. The number of anilines is 1. The van der Waals surface area contributed by atoms with Gasteiger partial charge in [-0.2, -0.15) is 0 Å². The highest BCUT2D eigenvalue weighted by atomic mass is 32.2. The van der Waals surface area contributed by atoms with E-state index >= 15 is 0 Å². The minimum absolute atomic E-state index is 0.0913. The number of hydrogen-bond donors (Lipinski definition) is 2. The fraction of sp³-hybridized carbons (Fsp3) is 0.538. The minimum Gasteiger partial charge on any atom is -0.481 e. The molecule has 0 saturated carbocycles. The van der Waals surface area contributed by atoms with Gasteiger partial charge in [0, 0.05) is 19.3 Å². The van der Waals surface area contributed by atoms with E-state index in [1.807, 2.05) is 11.8 Å². The third-order valence-electron chi connectivity index (χ3n) is 3.63. The molecule has 0 aliphatic carbocycles. The molecule has 8 heteroatoms. The zero-order valence-corrected chi connectivity index (χ0v) is 12.8. The number of aliphatic carboxylic acids is 1. The number of rotatable bonds is 4. The van der Waals surface area contributed by atoms with Crippen LogP contribution < -0.4 is 9.62 Å². The number of carboxylic acids is 1. The number of sulfonamides is 1. The molecule has 1 saturated heterocycles. The summed E-state index contributed by atoms with van der Waals surface area (Å²) in [5, 5.41) is 9.17. The zero-order chi connectivity index (χ0) is 15.6. The smallest absolute Gasteiger partial charge is 0.308 e. The van der Waals surface area contributed by atoms with E-state index in [0.29, 0.717) is 18.8 Å². The van der Waals surface area contributed by atoms with Crippen molar-refractivity contribution in [2.45, 2.75) is 18.2 Å². The molecule has 21 heavy (non-hydrogen) atoms. The van der Waals surface area contributed by atoms with Gasteiger partial charge in [0.15, 0.2) is 0 Å². The molecular formula is C13H19N3O4S. The first-order valence-corrected chi connectivity index (χ1v) is 8.19. The van der Waals surface area contributed by atoms with E-state index < -0.39 is 21.9 Å². The molecule has 2 heterocycles. The van der Waals surface area contributed by atoms with E-state index in [0.717, 1.165) is 6.54 Å². The number of piperidine rings is 1. The Hall–Kier alpha value is -1.67. The Bertz CT molecular complexity index is 615. The maximum absolute atomic E-state index is 11.6. The van der Waals surface area contributed by atoms with Gasteiger partial charge in [-0.3, -0.25) is 4.79 Å². The summed E-state index contributed by atoms with van der Waals surface area (Å²) >= 11 is 0. The van der Waals surface area contributed by atoms with Crippen LogP contribution in [0.1, 0.15) is 13.3 Å². The molecule has 7 nitrogen and oxygen atoms in total. The maximum atomic E-state index is 11.6. The Morgan fingerprint density at radius 2 is 2.14 bits per heavy atom. The van der Waals surface area contributed by atoms with Crippen molar-refractivity contribution in [3.05, 3.63) is 18.3 Å². The lowest BCUT2D eigenvalue weighted by atomic mass is 9.90. The summed E-state index contributed by atoms with van der Waals surface area (Å²) in [7, 11) is -2.17. The van der Waals surface area contributed by atoms with E-state index in [-0.39, 0.29) is 10.8 Å². The highest BCUT2D eigenvalue weighted by molar-refractivity contribution is 7.89. The average Bonchev–Trinajstić information content (AvgIpc) is 2.46. The van der Waals surface area contributed by atoms with Crippen LogP contribution in [0.15, 0.2) is 23.2 Å². The van der Waals surface area contributed by atoms with Crippen molar-refractivity contribution in [3.8, 4) is 0 Å². The molecule has 116 valence electrons. The monoisotopic (exact) mass is 313 g/mol. The molecule has 0 radical (unpaired) electrons. The van der Waals surface area contributed by atoms with Crippen LogP contribution >= 0.6 is 0 Å². The van der Waals surface area contributed by atoms with Crippen LogP contribution in [0.25, 0.3) is 0 Å². The molecule has 1 aromatic rings. The number of pyridine rings is 1. The van der Waals surface area contributed by atoms with Crippen LogP contribution in [-0.2, 0) is 14.8 Å². The second-order valence-corrected chi connectivity index (χ2v) is 7.23. The van der Waals surface area contributed by atoms with Gasteiger partial charge in [-0.25, -0.2) is 18.1 Å². The zero-order valence-electron chi connectivity index (χ0n) is 12.0. The molecule has 0 spiro atoms. The molecule has 1 aromatic heterocycles. The number of nitrogens with zero attached hydrogens (tertiary/aromatic N) is 2. The summed E-state index contributed by atoms with van der Waals surface area (Å²) in [6.45, 7) is 3.11. The lowest BCUT2D eigenvalue weighted by Crippen LogP contribution is -2.42. The molecule has 2 N–H and O–H groups in total. The lowest BCUT2D eigenvalue weighted by molar-refractivity contribution is -0.142. The molecule has 1 aliphatic rings. The molecule has 0 bridgehead atoms. The number of hydrogen-bond acceptors (Lipinski definition) is 5. The van der Waals surface area contributed by atoms with E-state index in [1.165, 1.54) is 19.3 Å². The predicted molar refractivity (Wildman–Crippen MR) is 77.6 cm³/mol. The lowest BCUT2D eigenvalue weighted by Gasteiger charge is -2.35. The van der Waals surface area contributed by atoms with Crippen LogP contribution in [0.4, 0.5) is 5.82 Å². The largest absolute Gasteiger partial charge is 0.481 e. The van der Waals surface area contributed by atoms with E-state index in [1.54, 1.807) is 6.07 Å². The molecular weight excluding hydrogens is 294 g/mol. The third-order valence-corrected chi connectivity index (χ3v) is 5.03.